The Labute approximate surface area is 183 Å². The minimum absolute atomic E-state index is 0.0453. The van der Waals surface area contributed by atoms with Gasteiger partial charge >= 0.3 is 0 Å². The molecule has 1 aromatic heterocycles. The molecule has 1 saturated heterocycles. The van der Waals surface area contributed by atoms with Gasteiger partial charge < -0.3 is 10.1 Å². The lowest BCUT2D eigenvalue weighted by Crippen LogP contribution is -2.39. The van der Waals surface area contributed by atoms with E-state index < -0.39 is 0 Å². The Morgan fingerprint density at radius 2 is 1.87 bits per heavy atom. The quantitative estimate of drug-likeness (QED) is 0.565. The van der Waals surface area contributed by atoms with Crippen LogP contribution in [0.2, 0.25) is 0 Å². The molecule has 0 unspecified atom stereocenters. The third-order valence-electron chi connectivity index (χ3n) is 5.42. The Morgan fingerprint density at radius 3 is 2.65 bits per heavy atom. The second kappa shape index (κ2) is 10.3. The molecule has 1 aliphatic rings. The van der Waals surface area contributed by atoms with Crippen LogP contribution in [-0.2, 0) is 11.2 Å². The number of nitrogens with one attached hydrogen (secondary N) is 1. The Kier molecular flexibility index (Phi) is 7.02. The molecular weight excluding hydrogens is 388 g/mol. The van der Waals surface area contributed by atoms with E-state index >= 15 is 0 Å². The number of morpholine rings is 1. The molecule has 1 N–H and O–H groups in total. The highest BCUT2D eigenvalue weighted by Crippen LogP contribution is 2.23. The van der Waals surface area contributed by atoms with Gasteiger partial charge in [-0.2, -0.15) is 0 Å². The predicted octanol–water partition coefficient (Wildman–Crippen LogP) is 3.68. The number of carbonyl (C=O) groups excluding carboxylic acids is 1. The van der Waals surface area contributed by atoms with Crippen molar-refractivity contribution in [1.29, 1.82) is 0 Å². The number of benzene rings is 2. The maximum Gasteiger partial charge on any atom is 0.159 e. The molecule has 2 aromatic carbocycles. The number of rotatable bonds is 8. The summed E-state index contributed by atoms with van der Waals surface area (Å²) >= 11 is 0. The molecule has 4 rings (SSSR count). The summed E-state index contributed by atoms with van der Waals surface area (Å²) in [6, 6.07) is 16.2. The van der Waals surface area contributed by atoms with E-state index in [4.69, 9.17) is 9.72 Å². The summed E-state index contributed by atoms with van der Waals surface area (Å²) in [5, 5.41) is 3.37. The summed E-state index contributed by atoms with van der Waals surface area (Å²) < 4.78 is 5.39. The van der Waals surface area contributed by atoms with Crippen molar-refractivity contribution >= 4 is 11.6 Å². The summed E-state index contributed by atoms with van der Waals surface area (Å²) in [7, 11) is 0. The molecule has 1 fully saturated rings. The third kappa shape index (κ3) is 5.96. The number of ketones is 1. The van der Waals surface area contributed by atoms with Gasteiger partial charge in [-0.1, -0.05) is 30.3 Å². The summed E-state index contributed by atoms with van der Waals surface area (Å²) in [5.41, 5.74) is 4.65. The molecular formula is C25H28N4O2. The van der Waals surface area contributed by atoms with Crippen LogP contribution in [0.1, 0.15) is 28.4 Å². The second-order valence-corrected chi connectivity index (χ2v) is 7.81. The zero-order valence-electron chi connectivity index (χ0n) is 17.9. The first kappa shape index (κ1) is 21.2. The minimum Gasteiger partial charge on any atom is -0.379 e. The van der Waals surface area contributed by atoms with Crippen molar-refractivity contribution in [2.75, 3.05) is 44.7 Å². The molecule has 0 saturated carbocycles. The van der Waals surface area contributed by atoms with Crippen LogP contribution in [0, 0.1) is 0 Å². The molecule has 160 valence electrons. The van der Waals surface area contributed by atoms with Gasteiger partial charge in [0, 0.05) is 37.3 Å². The zero-order chi connectivity index (χ0) is 21.5. The molecule has 6 nitrogen and oxygen atoms in total. The van der Waals surface area contributed by atoms with E-state index in [-0.39, 0.29) is 5.78 Å². The van der Waals surface area contributed by atoms with Crippen LogP contribution in [0.15, 0.2) is 60.9 Å². The second-order valence-electron chi connectivity index (χ2n) is 7.81. The van der Waals surface area contributed by atoms with Crippen LogP contribution >= 0.6 is 0 Å². The van der Waals surface area contributed by atoms with Crippen LogP contribution in [0.5, 0.6) is 0 Å². The van der Waals surface area contributed by atoms with Gasteiger partial charge in [0.15, 0.2) is 5.78 Å². The van der Waals surface area contributed by atoms with E-state index in [1.165, 1.54) is 5.56 Å². The molecule has 0 atom stereocenters. The van der Waals surface area contributed by atoms with Crippen LogP contribution in [0.4, 0.5) is 5.82 Å². The summed E-state index contributed by atoms with van der Waals surface area (Å²) in [4.78, 5) is 23.6. The average Bonchev–Trinajstić information content (AvgIpc) is 2.80. The van der Waals surface area contributed by atoms with Crippen LogP contribution in [0.3, 0.4) is 0 Å². The van der Waals surface area contributed by atoms with E-state index in [0.29, 0.717) is 5.56 Å². The zero-order valence-corrected chi connectivity index (χ0v) is 17.9. The van der Waals surface area contributed by atoms with Gasteiger partial charge in [-0.3, -0.25) is 14.7 Å². The Morgan fingerprint density at radius 1 is 1.06 bits per heavy atom. The molecule has 0 spiro atoms. The van der Waals surface area contributed by atoms with Gasteiger partial charge in [0.25, 0.3) is 0 Å². The number of nitrogens with zero attached hydrogens (tertiary/aromatic N) is 3. The van der Waals surface area contributed by atoms with Gasteiger partial charge in [0.2, 0.25) is 0 Å². The largest absolute Gasteiger partial charge is 0.379 e. The monoisotopic (exact) mass is 416 g/mol. The fourth-order valence-electron chi connectivity index (χ4n) is 3.73. The normalized spacial score (nSPS) is 14.4. The number of hydrogen-bond donors (Lipinski definition) is 1. The molecule has 0 bridgehead atoms. The summed E-state index contributed by atoms with van der Waals surface area (Å²) in [6.07, 6.45) is 4.25. The van der Waals surface area contributed by atoms with E-state index in [0.717, 1.165) is 68.5 Å². The number of anilines is 1. The number of carbonyl (C=O) groups is 1. The number of ether oxygens (including phenoxy) is 1. The highest BCUT2D eigenvalue weighted by atomic mass is 16.5. The first-order valence-corrected chi connectivity index (χ1v) is 10.7. The van der Waals surface area contributed by atoms with Crippen molar-refractivity contribution in [2.24, 2.45) is 0 Å². The lowest BCUT2D eigenvalue weighted by atomic mass is 9.97. The summed E-state index contributed by atoms with van der Waals surface area (Å²) in [6.45, 7) is 6.87. The fraction of sp³-hybridized carbons (Fsp3) is 0.320. The van der Waals surface area contributed by atoms with Crippen LogP contribution in [-0.4, -0.2) is 60.0 Å². The SMILES string of the molecule is CC(=O)c1cc(Cc2ccccc2)cc(-c2cncc(NCCN3CCOCC3)n2)c1. The van der Waals surface area contributed by atoms with E-state index in [1.807, 2.05) is 30.3 Å². The highest BCUT2D eigenvalue weighted by Gasteiger charge is 2.11. The lowest BCUT2D eigenvalue weighted by molar-refractivity contribution is 0.0398. The summed E-state index contributed by atoms with van der Waals surface area (Å²) in [5.74, 6) is 0.785. The first-order valence-electron chi connectivity index (χ1n) is 10.7. The maximum atomic E-state index is 12.1. The van der Waals surface area contributed by atoms with Gasteiger partial charge in [-0.25, -0.2) is 4.98 Å². The van der Waals surface area contributed by atoms with E-state index in [2.05, 4.69) is 33.4 Å². The third-order valence-corrected chi connectivity index (χ3v) is 5.42. The number of aromatic nitrogens is 2. The molecule has 0 aliphatic carbocycles. The van der Waals surface area contributed by atoms with Crippen molar-refractivity contribution in [3.8, 4) is 11.3 Å². The number of hydrogen-bond acceptors (Lipinski definition) is 6. The highest BCUT2D eigenvalue weighted by molar-refractivity contribution is 5.95. The van der Waals surface area contributed by atoms with Crippen molar-refractivity contribution in [1.82, 2.24) is 14.9 Å². The predicted molar refractivity (Wildman–Crippen MR) is 122 cm³/mol. The van der Waals surface area contributed by atoms with E-state index in [1.54, 1.807) is 19.3 Å². The van der Waals surface area contributed by atoms with Gasteiger partial charge in [-0.15, -0.1) is 0 Å². The lowest BCUT2D eigenvalue weighted by Gasteiger charge is -2.26. The van der Waals surface area contributed by atoms with Crippen molar-refractivity contribution < 1.29 is 9.53 Å². The minimum atomic E-state index is 0.0453. The molecule has 0 amide bonds. The first-order chi connectivity index (χ1) is 15.2. The molecule has 31 heavy (non-hydrogen) atoms. The average molecular weight is 417 g/mol. The van der Waals surface area contributed by atoms with Crippen LogP contribution < -0.4 is 5.32 Å². The van der Waals surface area contributed by atoms with Gasteiger partial charge in [0.05, 0.1) is 31.3 Å². The molecule has 1 aliphatic heterocycles. The van der Waals surface area contributed by atoms with Crippen molar-refractivity contribution in [2.45, 2.75) is 13.3 Å². The molecule has 2 heterocycles. The fourth-order valence-corrected chi connectivity index (χ4v) is 3.73. The molecule has 0 radical (unpaired) electrons. The van der Waals surface area contributed by atoms with Crippen molar-refractivity contribution in [3.63, 3.8) is 0 Å². The molecule has 6 heteroatoms. The Balaban J connectivity index is 1.51. The van der Waals surface area contributed by atoms with Gasteiger partial charge in [0.1, 0.15) is 5.82 Å². The van der Waals surface area contributed by atoms with Crippen LogP contribution in [0.25, 0.3) is 11.3 Å². The van der Waals surface area contributed by atoms with Crippen molar-refractivity contribution in [3.05, 3.63) is 77.6 Å². The Bertz CT molecular complexity index is 1020. The maximum absolute atomic E-state index is 12.1. The number of Topliss-reactive ketones (excluding diaryl/α,β-unsaturated/α-hetero) is 1. The molecule has 3 aromatic rings. The topological polar surface area (TPSA) is 67.4 Å². The Hall–Kier alpha value is -3.09. The van der Waals surface area contributed by atoms with E-state index in [9.17, 15) is 4.79 Å². The van der Waals surface area contributed by atoms with Gasteiger partial charge in [-0.05, 0) is 42.7 Å². The smallest absolute Gasteiger partial charge is 0.159 e. The standard InChI is InChI=1S/C25H28N4O2/c1-19(30)22-14-21(13-20-5-3-2-4-6-20)15-23(16-22)24-17-26-18-25(28-24)27-7-8-29-9-11-31-12-10-29/h2-6,14-18H,7-13H2,1H3,(H,27,28).